The number of rotatable bonds is 3. The highest BCUT2D eigenvalue weighted by Gasteiger charge is 2.46. The van der Waals surface area contributed by atoms with Gasteiger partial charge in [-0.3, -0.25) is 9.59 Å². The van der Waals surface area contributed by atoms with E-state index in [0.29, 0.717) is 0 Å². The predicted molar refractivity (Wildman–Crippen MR) is 89.7 cm³/mol. The van der Waals surface area contributed by atoms with Gasteiger partial charge in [-0.2, -0.15) is 13.2 Å². The lowest BCUT2D eigenvalue weighted by atomic mass is 9.91. The average Bonchev–Trinajstić information content (AvgIpc) is 2.58. The van der Waals surface area contributed by atoms with E-state index in [1.807, 2.05) is 0 Å². The Morgan fingerprint density at radius 3 is 2.52 bits per heavy atom. The highest BCUT2D eigenvalue weighted by Crippen LogP contribution is 2.28. The molecule has 1 aliphatic heterocycles. The van der Waals surface area contributed by atoms with Crippen LogP contribution in [0.2, 0.25) is 5.02 Å². The quantitative estimate of drug-likeness (QED) is 0.779. The third kappa shape index (κ3) is 4.70. The Morgan fingerprint density at radius 2 is 2.00 bits per heavy atom. The summed E-state index contributed by atoms with van der Waals surface area (Å²) >= 11 is 5.91. The van der Waals surface area contributed by atoms with Crippen LogP contribution in [0.25, 0.3) is 0 Å². The molecule has 27 heavy (non-hydrogen) atoms. The normalized spacial score (nSPS) is 21.7. The van der Waals surface area contributed by atoms with Gasteiger partial charge in [0, 0.05) is 26.2 Å². The SMILES string of the molecule is C[C@@H]1CN(C(=O)[C@@H](O)C(F)(F)F)CC[C@@H]1N(C)C(=O)c1ccc(F)cc1Cl. The van der Waals surface area contributed by atoms with E-state index in [-0.39, 0.29) is 42.1 Å². The smallest absolute Gasteiger partial charge is 0.376 e. The molecule has 0 radical (unpaired) electrons. The van der Waals surface area contributed by atoms with Gasteiger partial charge in [0.1, 0.15) is 5.82 Å². The second-order valence-electron chi connectivity index (χ2n) is 6.60. The van der Waals surface area contributed by atoms with E-state index >= 15 is 0 Å². The minimum atomic E-state index is -5.02. The van der Waals surface area contributed by atoms with Crippen LogP contribution in [-0.4, -0.2) is 65.2 Å². The molecule has 10 heteroatoms. The zero-order valence-electron chi connectivity index (χ0n) is 14.6. The maximum atomic E-state index is 13.1. The molecule has 150 valence electrons. The average molecular weight is 411 g/mol. The minimum Gasteiger partial charge on any atom is -0.376 e. The first-order valence-corrected chi connectivity index (χ1v) is 8.57. The van der Waals surface area contributed by atoms with Crippen molar-refractivity contribution >= 4 is 23.4 Å². The standard InChI is InChI=1S/C17H19ClF4N2O3/c1-9-8-24(16(27)14(25)17(20,21)22)6-5-13(9)23(2)15(26)11-4-3-10(19)7-12(11)18/h3-4,7,9,13-14,25H,5-6,8H2,1-2H3/t9-,13+,14-/m1/s1. The molecular weight excluding hydrogens is 392 g/mol. The number of aliphatic hydroxyl groups excluding tert-OH is 1. The molecule has 0 bridgehead atoms. The first-order chi connectivity index (χ1) is 12.4. The summed E-state index contributed by atoms with van der Waals surface area (Å²) in [7, 11) is 1.52. The molecule has 5 nitrogen and oxygen atoms in total. The zero-order valence-corrected chi connectivity index (χ0v) is 15.4. The monoisotopic (exact) mass is 410 g/mol. The van der Waals surface area contributed by atoms with Gasteiger partial charge in [0.05, 0.1) is 10.6 Å². The summed E-state index contributed by atoms with van der Waals surface area (Å²) in [4.78, 5) is 26.8. The number of piperidine rings is 1. The molecule has 1 N–H and O–H groups in total. The van der Waals surface area contributed by atoms with Gasteiger partial charge in [-0.15, -0.1) is 0 Å². The van der Waals surface area contributed by atoms with E-state index in [9.17, 15) is 27.2 Å². The maximum Gasteiger partial charge on any atom is 0.423 e. The Bertz CT molecular complexity index is 729. The summed E-state index contributed by atoms with van der Waals surface area (Å²) in [6, 6.07) is 3.03. The molecule has 1 aromatic carbocycles. The van der Waals surface area contributed by atoms with Crippen molar-refractivity contribution < 1.29 is 32.3 Å². The summed E-state index contributed by atoms with van der Waals surface area (Å²) in [5.74, 6) is -2.77. The Kier molecular flexibility index (Phi) is 6.36. The third-order valence-electron chi connectivity index (χ3n) is 4.69. The van der Waals surface area contributed by atoms with Gasteiger partial charge in [-0.25, -0.2) is 4.39 Å². The van der Waals surface area contributed by atoms with Crippen LogP contribution in [0.4, 0.5) is 17.6 Å². The molecule has 1 fully saturated rings. The van der Waals surface area contributed by atoms with Gasteiger partial charge in [-0.05, 0) is 30.5 Å². The van der Waals surface area contributed by atoms with Crippen LogP contribution < -0.4 is 0 Å². The van der Waals surface area contributed by atoms with Gasteiger partial charge >= 0.3 is 6.18 Å². The number of amides is 2. The van der Waals surface area contributed by atoms with Crippen LogP contribution in [0.5, 0.6) is 0 Å². The lowest BCUT2D eigenvalue weighted by Crippen LogP contribution is -2.55. The molecule has 0 unspecified atom stereocenters. The summed E-state index contributed by atoms with van der Waals surface area (Å²) in [6.07, 6.45) is -7.85. The van der Waals surface area contributed by atoms with Crippen molar-refractivity contribution in [2.45, 2.75) is 31.7 Å². The van der Waals surface area contributed by atoms with Crippen LogP contribution in [0.15, 0.2) is 18.2 Å². The van der Waals surface area contributed by atoms with Crippen molar-refractivity contribution in [1.29, 1.82) is 0 Å². The van der Waals surface area contributed by atoms with Crippen LogP contribution >= 0.6 is 11.6 Å². The minimum absolute atomic E-state index is 0.0320. The van der Waals surface area contributed by atoms with E-state index in [2.05, 4.69) is 0 Å². The van der Waals surface area contributed by atoms with Gasteiger partial charge in [0.2, 0.25) is 6.10 Å². The number of likely N-dealkylation sites (tertiary alicyclic amines) is 1. The van der Waals surface area contributed by atoms with E-state index in [0.717, 1.165) is 17.0 Å². The van der Waals surface area contributed by atoms with E-state index in [1.165, 1.54) is 18.0 Å². The van der Waals surface area contributed by atoms with E-state index in [4.69, 9.17) is 16.7 Å². The lowest BCUT2D eigenvalue weighted by Gasteiger charge is -2.41. The fourth-order valence-electron chi connectivity index (χ4n) is 3.23. The summed E-state index contributed by atoms with van der Waals surface area (Å²) in [6.45, 7) is 1.63. The summed E-state index contributed by atoms with van der Waals surface area (Å²) in [5, 5.41) is 9.09. The Labute approximate surface area is 158 Å². The molecule has 1 heterocycles. The van der Waals surface area contributed by atoms with E-state index < -0.39 is 29.9 Å². The molecule has 0 aromatic heterocycles. The van der Waals surface area contributed by atoms with Crippen molar-refractivity contribution in [3.63, 3.8) is 0 Å². The van der Waals surface area contributed by atoms with Crippen molar-refractivity contribution in [1.82, 2.24) is 9.80 Å². The topological polar surface area (TPSA) is 60.9 Å². The number of carbonyl (C=O) groups excluding carboxylic acids is 2. The number of alkyl halides is 3. The van der Waals surface area contributed by atoms with Crippen molar-refractivity contribution in [2.75, 3.05) is 20.1 Å². The number of halogens is 5. The zero-order chi connectivity index (χ0) is 20.5. The third-order valence-corrected chi connectivity index (χ3v) is 5.01. The van der Waals surface area contributed by atoms with Crippen LogP contribution in [-0.2, 0) is 4.79 Å². The van der Waals surface area contributed by atoms with Crippen LogP contribution in [0.3, 0.4) is 0 Å². The lowest BCUT2D eigenvalue weighted by molar-refractivity contribution is -0.211. The molecule has 1 saturated heterocycles. The largest absolute Gasteiger partial charge is 0.423 e. The van der Waals surface area contributed by atoms with E-state index in [1.54, 1.807) is 6.92 Å². The van der Waals surface area contributed by atoms with Crippen molar-refractivity contribution in [3.05, 3.63) is 34.6 Å². The summed E-state index contributed by atoms with van der Waals surface area (Å²) in [5.41, 5.74) is 0.110. The number of benzene rings is 1. The second-order valence-corrected chi connectivity index (χ2v) is 7.01. The second kappa shape index (κ2) is 8.02. The molecule has 2 rings (SSSR count). The Hall–Kier alpha value is -1.87. The van der Waals surface area contributed by atoms with Crippen molar-refractivity contribution in [3.8, 4) is 0 Å². The number of aliphatic hydroxyl groups is 1. The molecule has 0 aliphatic carbocycles. The maximum absolute atomic E-state index is 13.1. The Balaban J connectivity index is 2.07. The first kappa shape index (κ1) is 21.4. The number of hydrogen-bond donors (Lipinski definition) is 1. The predicted octanol–water partition coefficient (Wildman–Crippen LogP) is 2.71. The van der Waals surface area contributed by atoms with Gasteiger partial charge in [0.25, 0.3) is 11.8 Å². The van der Waals surface area contributed by atoms with Crippen LogP contribution in [0, 0.1) is 11.7 Å². The molecule has 1 aliphatic rings. The van der Waals surface area contributed by atoms with Gasteiger partial charge < -0.3 is 14.9 Å². The highest BCUT2D eigenvalue weighted by molar-refractivity contribution is 6.33. The van der Waals surface area contributed by atoms with Crippen LogP contribution in [0.1, 0.15) is 23.7 Å². The number of carbonyl (C=O) groups is 2. The van der Waals surface area contributed by atoms with Gasteiger partial charge in [0.15, 0.2) is 0 Å². The molecule has 2 amide bonds. The fourth-order valence-corrected chi connectivity index (χ4v) is 3.47. The number of hydrogen-bond acceptors (Lipinski definition) is 3. The van der Waals surface area contributed by atoms with Gasteiger partial charge in [-0.1, -0.05) is 18.5 Å². The molecule has 1 aromatic rings. The number of nitrogens with zero attached hydrogens (tertiary/aromatic N) is 2. The fraction of sp³-hybridized carbons (Fsp3) is 0.529. The molecular formula is C17H19ClF4N2O3. The Morgan fingerprint density at radius 1 is 1.37 bits per heavy atom. The molecule has 0 spiro atoms. The van der Waals surface area contributed by atoms with Crippen molar-refractivity contribution in [2.24, 2.45) is 5.92 Å². The molecule has 0 saturated carbocycles. The summed E-state index contributed by atoms with van der Waals surface area (Å²) < 4.78 is 50.7. The first-order valence-electron chi connectivity index (χ1n) is 8.19. The molecule has 3 atom stereocenters. The highest BCUT2D eigenvalue weighted by atomic mass is 35.5.